The Bertz CT molecular complexity index is 829. The molecule has 0 amide bonds. The van der Waals surface area contributed by atoms with Gasteiger partial charge in [0, 0.05) is 10.0 Å². The number of hydrogen-bond donors (Lipinski definition) is 1. The maximum absolute atomic E-state index is 6.06. The van der Waals surface area contributed by atoms with Crippen LogP contribution in [0.5, 0.6) is 0 Å². The van der Waals surface area contributed by atoms with Crippen molar-refractivity contribution in [1.29, 1.82) is 0 Å². The molecule has 0 atom stereocenters. The molecule has 3 rings (SSSR count). The smallest absolute Gasteiger partial charge is 0.229 e. The van der Waals surface area contributed by atoms with E-state index in [9.17, 15) is 0 Å². The molecule has 3 aromatic rings. The summed E-state index contributed by atoms with van der Waals surface area (Å²) in [5, 5.41) is 1.61. The molecule has 2 aromatic carbocycles. The molecule has 0 radical (unpaired) electrons. The molecule has 0 aliphatic carbocycles. The number of halogens is 4. The fraction of sp³-hybridized carbons (Fsp3) is 0. The first-order chi connectivity index (χ1) is 9.45. The molecule has 0 unspecified atom stereocenters. The van der Waals surface area contributed by atoms with Crippen LogP contribution >= 0.6 is 46.4 Å². The van der Waals surface area contributed by atoms with Crippen molar-refractivity contribution in [2.75, 3.05) is 5.73 Å². The first-order valence-corrected chi connectivity index (χ1v) is 6.97. The first kappa shape index (κ1) is 13.8. The Hall–Kier alpha value is -1.13. The fourth-order valence-corrected chi connectivity index (χ4v) is 2.85. The van der Waals surface area contributed by atoms with Crippen LogP contribution in [-0.4, -0.2) is 4.98 Å². The van der Waals surface area contributed by atoms with Crippen LogP contribution in [0.2, 0.25) is 20.1 Å². The number of aromatic nitrogens is 1. The SMILES string of the molecule is Nc1c(Cl)cc(Cl)cc1-c1nc2cc(Cl)cc(Cl)c2o1. The number of nitrogens with zero attached hydrogens (tertiary/aromatic N) is 1. The Morgan fingerprint density at radius 3 is 2.30 bits per heavy atom. The van der Waals surface area contributed by atoms with E-state index < -0.39 is 0 Å². The highest BCUT2D eigenvalue weighted by Crippen LogP contribution is 2.37. The summed E-state index contributed by atoms with van der Waals surface area (Å²) >= 11 is 24.0. The molecule has 0 aliphatic heterocycles. The molecule has 2 N–H and O–H groups in total. The highest BCUT2D eigenvalue weighted by molar-refractivity contribution is 6.38. The molecule has 0 saturated carbocycles. The lowest BCUT2D eigenvalue weighted by atomic mass is 10.2. The maximum atomic E-state index is 6.06. The number of anilines is 1. The largest absolute Gasteiger partial charge is 0.434 e. The van der Waals surface area contributed by atoms with Crippen molar-refractivity contribution in [3.8, 4) is 11.5 Å². The van der Waals surface area contributed by atoms with Gasteiger partial charge in [0.05, 0.1) is 21.3 Å². The third-order valence-electron chi connectivity index (χ3n) is 2.73. The maximum Gasteiger partial charge on any atom is 0.229 e. The third-order valence-corrected chi connectivity index (χ3v) is 3.76. The van der Waals surface area contributed by atoms with E-state index in [1.807, 2.05) is 0 Å². The average molecular weight is 348 g/mol. The zero-order valence-corrected chi connectivity index (χ0v) is 12.8. The number of oxazole rings is 1. The van der Waals surface area contributed by atoms with Gasteiger partial charge in [0.2, 0.25) is 5.89 Å². The van der Waals surface area contributed by atoms with Crippen molar-refractivity contribution in [3.05, 3.63) is 44.4 Å². The molecule has 0 saturated heterocycles. The summed E-state index contributed by atoms with van der Waals surface area (Å²) in [6.07, 6.45) is 0. The minimum absolute atomic E-state index is 0.283. The van der Waals surface area contributed by atoms with Gasteiger partial charge < -0.3 is 10.2 Å². The fourth-order valence-electron chi connectivity index (χ4n) is 1.84. The van der Waals surface area contributed by atoms with Crippen molar-refractivity contribution in [3.63, 3.8) is 0 Å². The Labute approximate surface area is 134 Å². The van der Waals surface area contributed by atoms with E-state index in [0.29, 0.717) is 42.4 Å². The van der Waals surface area contributed by atoms with E-state index in [1.54, 1.807) is 24.3 Å². The second kappa shape index (κ2) is 5.01. The highest BCUT2D eigenvalue weighted by atomic mass is 35.5. The van der Waals surface area contributed by atoms with Crippen molar-refractivity contribution in [2.24, 2.45) is 0 Å². The van der Waals surface area contributed by atoms with E-state index >= 15 is 0 Å². The van der Waals surface area contributed by atoms with E-state index in [0.717, 1.165) is 0 Å². The Morgan fingerprint density at radius 1 is 0.900 bits per heavy atom. The quantitative estimate of drug-likeness (QED) is 0.575. The minimum atomic E-state index is 0.283. The van der Waals surface area contributed by atoms with Crippen molar-refractivity contribution in [1.82, 2.24) is 4.98 Å². The molecule has 0 fully saturated rings. The number of nitrogens with two attached hydrogens (primary N) is 1. The summed E-state index contributed by atoms with van der Waals surface area (Å²) in [6, 6.07) is 6.41. The van der Waals surface area contributed by atoms with Gasteiger partial charge in [-0.3, -0.25) is 0 Å². The summed E-state index contributed by atoms with van der Waals surface area (Å²) in [4.78, 5) is 4.31. The topological polar surface area (TPSA) is 52.0 Å². The molecule has 0 spiro atoms. The van der Waals surface area contributed by atoms with E-state index in [1.165, 1.54) is 0 Å². The lowest BCUT2D eigenvalue weighted by Gasteiger charge is -2.04. The molecule has 7 heteroatoms. The zero-order chi connectivity index (χ0) is 14.4. The van der Waals surface area contributed by atoms with Gasteiger partial charge in [-0.1, -0.05) is 46.4 Å². The second-order valence-electron chi connectivity index (χ2n) is 4.10. The van der Waals surface area contributed by atoms with Gasteiger partial charge in [0.1, 0.15) is 5.52 Å². The Morgan fingerprint density at radius 2 is 1.55 bits per heavy atom. The highest BCUT2D eigenvalue weighted by Gasteiger charge is 2.16. The van der Waals surface area contributed by atoms with Gasteiger partial charge in [-0.05, 0) is 24.3 Å². The van der Waals surface area contributed by atoms with Gasteiger partial charge in [-0.25, -0.2) is 4.98 Å². The summed E-state index contributed by atoms with van der Waals surface area (Å²) in [6.45, 7) is 0. The molecular weight excluding hydrogens is 342 g/mol. The summed E-state index contributed by atoms with van der Waals surface area (Å²) in [7, 11) is 0. The second-order valence-corrected chi connectivity index (χ2v) is 5.79. The van der Waals surface area contributed by atoms with Crippen LogP contribution in [0, 0.1) is 0 Å². The lowest BCUT2D eigenvalue weighted by Crippen LogP contribution is -1.91. The van der Waals surface area contributed by atoms with Crippen LogP contribution < -0.4 is 5.73 Å². The molecule has 0 aliphatic rings. The van der Waals surface area contributed by atoms with E-state index in [4.69, 9.17) is 56.6 Å². The molecule has 3 nitrogen and oxygen atoms in total. The van der Waals surface area contributed by atoms with E-state index in [-0.39, 0.29) is 5.89 Å². The van der Waals surface area contributed by atoms with Gasteiger partial charge >= 0.3 is 0 Å². The molecule has 1 aromatic heterocycles. The van der Waals surface area contributed by atoms with Gasteiger partial charge in [-0.15, -0.1) is 0 Å². The molecule has 1 heterocycles. The Kier molecular flexibility index (Phi) is 3.46. The van der Waals surface area contributed by atoms with Crippen LogP contribution in [0.15, 0.2) is 28.7 Å². The third kappa shape index (κ3) is 2.31. The van der Waals surface area contributed by atoms with Crippen molar-refractivity contribution >= 4 is 63.2 Å². The van der Waals surface area contributed by atoms with Crippen molar-refractivity contribution in [2.45, 2.75) is 0 Å². The lowest BCUT2D eigenvalue weighted by molar-refractivity contribution is 0.620. The predicted molar refractivity (Wildman–Crippen MR) is 83.9 cm³/mol. The predicted octanol–water partition coefficient (Wildman–Crippen LogP) is 5.69. The van der Waals surface area contributed by atoms with Crippen LogP contribution in [0.4, 0.5) is 5.69 Å². The minimum Gasteiger partial charge on any atom is -0.434 e. The average Bonchev–Trinajstić information content (AvgIpc) is 2.77. The van der Waals surface area contributed by atoms with Crippen LogP contribution in [0.3, 0.4) is 0 Å². The number of hydrogen-bond acceptors (Lipinski definition) is 3. The first-order valence-electron chi connectivity index (χ1n) is 5.46. The molecular formula is C13H6Cl4N2O. The standard InChI is InChI=1S/C13H6Cl4N2O/c14-5-1-7(11(18)8(16)2-5)13-19-10-4-6(15)3-9(17)12(10)20-13/h1-4H,18H2. The molecule has 0 bridgehead atoms. The number of benzene rings is 2. The summed E-state index contributed by atoms with van der Waals surface area (Å²) < 4.78 is 5.63. The number of nitrogen functional groups attached to an aromatic ring is 1. The summed E-state index contributed by atoms with van der Waals surface area (Å²) in [5.41, 5.74) is 7.73. The van der Waals surface area contributed by atoms with Crippen LogP contribution in [-0.2, 0) is 0 Å². The summed E-state index contributed by atoms with van der Waals surface area (Å²) in [5.74, 6) is 0.283. The number of fused-ring (bicyclic) bond motifs is 1. The van der Waals surface area contributed by atoms with Gasteiger partial charge in [-0.2, -0.15) is 0 Å². The normalized spacial score (nSPS) is 11.2. The number of rotatable bonds is 1. The van der Waals surface area contributed by atoms with Crippen molar-refractivity contribution < 1.29 is 4.42 Å². The van der Waals surface area contributed by atoms with Gasteiger partial charge in [0.15, 0.2) is 5.58 Å². The monoisotopic (exact) mass is 346 g/mol. The molecule has 102 valence electrons. The zero-order valence-electron chi connectivity index (χ0n) is 9.75. The van der Waals surface area contributed by atoms with Crippen LogP contribution in [0.1, 0.15) is 0 Å². The van der Waals surface area contributed by atoms with Crippen LogP contribution in [0.25, 0.3) is 22.6 Å². The Balaban J connectivity index is 2.28. The van der Waals surface area contributed by atoms with Gasteiger partial charge in [0.25, 0.3) is 0 Å². The van der Waals surface area contributed by atoms with E-state index in [2.05, 4.69) is 4.98 Å². The molecule has 20 heavy (non-hydrogen) atoms.